The number of aromatic nitrogens is 2. The topological polar surface area (TPSA) is 43.8 Å². The van der Waals surface area contributed by atoms with E-state index in [4.69, 9.17) is 5.73 Å². The van der Waals surface area contributed by atoms with E-state index in [1.54, 1.807) is 13.0 Å². The Balaban J connectivity index is 2.45. The van der Waals surface area contributed by atoms with Gasteiger partial charge in [-0.3, -0.25) is 4.68 Å². The van der Waals surface area contributed by atoms with Crippen LogP contribution in [0.2, 0.25) is 0 Å². The number of rotatable bonds is 3. The quantitative estimate of drug-likeness (QED) is 0.882. The number of alkyl halides is 3. The van der Waals surface area contributed by atoms with E-state index in [0.29, 0.717) is 0 Å². The van der Waals surface area contributed by atoms with Crippen LogP contribution in [0.5, 0.6) is 0 Å². The highest BCUT2D eigenvalue weighted by Gasteiger charge is 2.34. The summed E-state index contributed by atoms with van der Waals surface area (Å²) < 4.78 is 52.6. The fourth-order valence-corrected chi connectivity index (χ4v) is 2.03. The first-order valence-electron chi connectivity index (χ1n) is 5.93. The second kappa shape index (κ2) is 5.24. The van der Waals surface area contributed by atoms with Gasteiger partial charge in [0, 0.05) is 17.8 Å². The molecule has 0 bridgehead atoms. The van der Waals surface area contributed by atoms with E-state index in [0.717, 1.165) is 16.9 Å². The summed E-state index contributed by atoms with van der Waals surface area (Å²) in [6, 6.07) is 5.26. The highest BCUT2D eigenvalue weighted by molar-refractivity contribution is 5.23. The van der Waals surface area contributed by atoms with Crippen molar-refractivity contribution in [2.45, 2.75) is 25.2 Å². The molecule has 2 unspecified atom stereocenters. The van der Waals surface area contributed by atoms with Crippen LogP contribution in [0.1, 0.15) is 24.2 Å². The molecule has 0 radical (unpaired) electrons. The second-order valence-corrected chi connectivity index (χ2v) is 4.50. The third-order valence-electron chi connectivity index (χ3n) is 2.91. The molecule has 2 aromatic rings. The number of halogens is 4. The van der Waals surface area contributed by atoms with Gasteiger partial charge in [-0.05, 0) is 19.1 Å². The van der Waals surface area contributed by atoms with E-state index in [2.05, 4.69) is 5.10 Å². The highest BCUT2D eigenvalue weighted by atomic mass is 19.4. The van der Waals surface area contributed by atoms with E-state index in [9.17, 15) is 17.6 Å². The average Bonchev–Trinajstić information content (AvgIpc) is 2.80. The fourth-order valence-electron chi connectivity index (χ4n) is 2.03. The van der Waals surface area contributed by atoms with Gasteiger partial charge in [-0.25, -0.2) is 4.39 Å². The summed E-state index contributed by atoms with van der Waals surface area (Å²) in [7, 11) is 0. The summed E-state index contributed by atoms with van der Waals surface area (Å²) in [5, 5.41) is 3.47. The molecule has 0 aliphatic rings. The van der Waals surface area contributed by atoms with E-state index in [-0.39, 0.29) is 5.56 Å². The molecule has 1 heterocycles. The van der Waals surface area contributed by atoms with Gasteiger partial charge in [-0.15, -0.1) is 0 Å². The van der Waals surface area contributed by atoms with Crippen LogP contribution in [0, 0.1) is 5.82 Å². The molecule has 108 valence electrons. The first-order chi connectivity index (χ1) is 9.30. The van der Waals surface area contributed by atoms with Gasteiger partial charge in [-0.1, -0.05) is 18.2 Å². The van der Waals surface area contributed by atoms with Crippen molar-refractivity contribution in [3.8, 4) is 0 Å². The van der Waals surface area contributed by atoms with Gasteiger partial charge in [0.2, 0.25) is 0 Å². The molecule has 0 fully saturated rings. The van der Waals surface area contributed by atoms with Crippen molar-refractivity contribution < 1.29 is 17.6 Å². The van der Waals surface area contributed by atoms with Gasteiger partial charge in [0.1, 0.15) is 5.82 Å². The summed E-state index contributed by atoms with van der Waals surface area (Å²) in [4.78, 5) is 0. The summed E-state index contributed by atoms with van der Waals surface area (Å²) in [5.74, 6) is -0.529. The van der Waals surface area contributed by atoms with Crippen molar-refractivity contribution in [1.82, 2.24) is 9.78 Å². The van der Waals surface area contributed by atoms with Crippen LogP contribution in [0.15, 0.2) is 36.5 Å². The molecule has 2 N–H and O–H groups in total. The Bertz CT molecular complexity index is 589. The lowest BCUT2D eigenvalue weighted by Gasteiger charge is -2.22. The van der Waals surface area contributed by atoms with Crippen LogP contribution in [0.4, 0.5) is 17.6 Å². The predicted molar refractivity (Wildman–Crippen MR) is 65.4 cm³/mol. The molecule has 3 nitrogen and oxygen atoms in total. The highest BCUT2D eigenvalue weighted by Crippen LogP contribution is 2.30. The van der Waals surface area contributed by atoms with Crippen LogP contribution in [-0.4, -0.2) is 15.8 Å². The molecule has 2 rings (SSSR count). The van der Waals surface area contributed by atoms with Gasteiger partial charge >= 0.3 is 6.18 Å². The fraction of sp³-hybridized carbons (Fsp3) is 0.308. The normalized spacial score (nSPS) is 15.1. The van der Waals surface area contributed by atoms with Gasteiger partial charge < -0.3 is 5.73 Å². The minimum absolute atomic E-state index is 0.208. The van der Waals surface area contributed by atoms with Gasteiger partial charge in [-0.2, -0.15) is 18.3 Å². The number of hydrogen-bond acceptors (Lipinski definition) is 2. The number of nitrogens with two attached hydrogens (primary N) is 1. The number of nitrogens with zero attached hydrogens (tertiary/aromatic N) is 2. The van der Waals surface area contributed by atoms with Gasteiger partial charge in [0.25, 0.3) is 0 Å². The predicted octanol–water partition coefficient (Wildman–Crippen LogP) is 2.98. The van der Waals surface area contributed by atoms with Crippen LogP contribution in [0.3, 0.4) is 0 Å². The van der Waals surface area contributed by atoms with E-state index >= 15 is 0 Å². The number of benzene rings is 1. The molecule has 20 heavy (non-hydrogen) atoms. The maximum atomic E-state index is 13.8. The molecular formula is C13H13F4N3. The minimum atomic E-state index is -4.54. The molecular weight excluding hydrogens is 274 g/mol. The van der Waals surface area contributed by atoms with Crippen molar-refractivity contribution in [3.05, 3.63) is 53.6 Å². The van der Waals surface area contributed by atoms with Gasteiger partial charge in [0.15, 0.2) is 5.69 Å². The molecule has 0 aliphatic carbocycles. The zero-order chi connectivity index (χ0) is 14.9. The molecule has 0 saturated heterocycles. The van der Waals surface area contributed by atoms with Gasteiger partial charge in [0.05, 0.1) is 6.04 Å². The SMILES string of the molecule is CC(N)C(c1ccccc1F)n1ccc(C(F)(F)F)n1. The molecule has 1 aromatic carbocycles. The van der Waals surface area contributed by atoms with E-state index < -0.39 is 29.8 Å². The Kier molecular flexibility index (Phi) is 3.80. The van der Waals surface area contributed by atoms with Crippen LogP contribution in [0.25, 0.3) is 0 Å². The largest absolute Gasteiger partial charge is 0.435 e. The summed E-state index contributed by atoms with van der Waals surface area (Å²) in [6.07, 6.45) is -3.38. The zero-order valence-electron chi connectivity index (χ0n) is 10.6. The van der Waals surface area contributed by atoms with Crippen molar-refractivity contribution in [2.24, 2.45) is 5.73 Å². The third kappa shape index (κ3) is 2.82. The smallest absolute Gasteiger partial charge is 0.326 e. The summed E-state index contributed by atoms with van der Waals surface area (Å²) in [6.45, 7) is 1.59. The average molecular weight is 287 g/mol. The molecule has 1 aromatic heterocycles. The molecule has 2 atom stereocenters. The van der Waals surface area contributed by atoms with Crippen LogP contribution < -0.4 is 5.73 Å². The lowest BCUT2D eigenvalue weighted by atomic mass is 10.0. The maximum Gasteiger partial charge on any atom is 0.435 e. The first kappa shape index (κ1) is 14.5. The second-order valence-electron chi connectivity index (χ2n) is 4.50. The Morgan fingerprint density at radius 3 is 2.35 bits per heavy atom. The minimum Gasteiger partial charge on any atom is -0.326 e. The number of hydrogen-bond donors (Lipinski definition) is 1. The lowest BCUT2D eigenvalue weighted by molar-refractivity contribution is -0.141. The lowest BCUT2D eigenvalue weighted by Crippen LogP contribution is -2.31. The van der Waals surface area contributed by atoms with Crippen LogP contribution >= 0.6 is 0 Å². The van der Waals surface area contributed by atoms with Crippen molar-refractivity contribution >= 4 is 0 Å². The maximum absolute atomic E-state index is 13.8. The van der Waals surface area contributed by atoms with E-state index in [1.165, 1.54) is 18.2 Å². The van der Waals surface area contributed by atoms with E-state index in [1.807, 2.05) is 0 Å². The third-order valence-corrected chi connectivity index (χ3v) is 2.91. The zero-order valence-corrected chi connectivity index (χ0v) is 10.6. The first-order valence-corrected chi connectivity index (χ1v) is 5.93. The van der Waals surface area contributed by atoms with Crippen LogP contribution in [-0.2, 0) is 6.18 Å². The Morgan fingerprint density at radius 1 is 1.20 bits per heavy atom. The Labute approximate surface area is 113 Å². The Hall–Kier alpha value is -1.89. The standard InChI is InChI=1S/C13H13F4N3/c1-8(18)12(9-4-2-3-5-10(9)14)20-7-6-11(19-20)13(15,16)17/h2-8,12H,18H2,1H3. The van der Waals surface area contributed by atoms with Crippen molar-refractivity contribution in [3.63, 3.8) is 0 Å². The monoisotopic (exact) mass is 287 g/mol. The Morgan fingerprint density at radius 2 is 1.85 bits per heavy atom. The molecule has 0 aliphatic heterocycles. The molecule has 0 spiro atoms. The summed E-state index contributed by atoms with van der Waals surface area (Å²) >= 11 is 0. The molecule has 7 heteroatoms. The molecule has 0 amide bonds. The summed E-state index contributed by atoms with van der Waals surface area (Å²) in [5.41, 5.74) is 4.96. The molecule has 0 saturated carbocycles. The van der Waals surface area contributed by atoms with Crippen molar-refractivity contribution in [2.75, 3.05) is 0 Å². The van der Waals surface area contributed by atoms with Crippen molar-refractivity contribution in [1.29, 1.82) is 0 Å².